The number of halogens is 3. The molecular weight excluding hydrogens is 253 g/mol. The Morgan fingerprint density at radius 3 is 2.00 bits per heavy atom. The normalized spacial score (nSPS) is 12.4. The molecule has 1 unspecified atom stereocenters. The summed E-state index contributed by atoms with van der Waals surface area (Å²) in [6.07, 6.45) is -0.177. The molecule has 0 aliphatic carbocycles. The van der Waals surface area contributed by atoms with Crippen LogP contribution in [0.15, 0.2) is 42.5 Å². The van der Waals surface area contributed by atoms with Crippen LogP contribution < -0.4 is 0 Å². The van der Waals surface area contributed by atoms with E-state index in [-0.39, 0.29) is 12.2 Å². The van der Waals surface area contributed by atoms with Crippen LogP contribution in [0.3, 0.4) is 0 Å². The van der Waals surface area contributed by atoms with E-state index in [1.165, 1.54) is 18.2 Å². The van der Waals surface area contributed by atoms with Gasteiger partial charge in [0.05, 0.1) is 6.10 Å². The Hall–Kier alpha value is -1.81. The highest BCUT2D eigenvalue weighted by molar-refractivity contribution is 5.20. The predicted molar refractivity (Wildman–Crippen MR) is 66.2 cm³/mol. The van der Waals surface area contributed by atoms with Gasteiger partial charge in [0.25, 0.3) is 0 Å². The molecule has 0 aromatic heterocycles. The highest BCUT2D eigenvalue weighted by Gasteiger charge is 2.09. The molecule has 19 heavy (non-hydrogen) atoms. The first kappa shape index (κ1) is 13.6. The van der Waals surface area contributed by atoms with Gasteiger partial charge in [0.15, 0.2) is 11.6 Å². The van der Waals surface area contributed by atoms with Gasteiger partial charge >= 0.3 is 0 Å². The van der Waals surface area contributed by atoms with Gasteiger partial charge in [-0.3, -0.25) is 0 Å². The third-order valence-electron chi connectivity index (χ3n) is 2.84. The summed E-state index contributed by atoms with van der Waals surface area (Å²) in [4.78, 5) is 0. The van der Waals surface area contributed by atoms with Crippen molar-refractivity contribution < 1.29 is 18.3 Å². The number of aliphatic hydroxyl groups is 1. The molecule has 0 aliphatic heterocycles. The zero-order valence-corrected chi connectivity index (χ0v) is 10.1. The van der Waals surface area contributed by atoms with Crippen LogP contribution in [-0.4, -0.2) is 11.2 Å². The summed E-state index contributed by atoms with van der Waals surface area (Å²) < 4.78 is 38.5. The summed E-state index contributed by atoms with van der Waals surface area (Å²) in [7, 11) is 0. The SMILES string of the molecule is OC(Cc1ccc(F)cc1)Cc1ccc(F)c(F)c1. The van der Waals surface area contributed by atoms with E-state index in [0.29, 0.717) is 12.0 Å². The Labute approximate surface area is 109 Å². The van der Waals surface area contributed by atoms with Crippen LogP contribution >= 0.6 is 0 Å². The number of hydrogen-bond acceptors (Lipinski definition) is 1. The second-order valence-electron chi connectivity index (χ2n) is 4.44. The number of aliphatic hydroxyl groups excluding tert-OH is 1. The third-order valence-corrected chi connectivity index (χ3v) is 2.84. The Morgan fingerprint density at radius 1 is 0.789 bits per heavy atom. The molecule has 0 heterocycles. The fourth-order valence-electron chi connectivity index (χ4n) is 1.90. The molecule has 1 nitrogen and oxygen atoms in total. The fraction of sp³-hybridized carbons (Fsp3) is 0.200. The van der Waals surface area contributed by atoms with Crippen LogP contribution in [0.25, 0.3) is 0 Å². The molecule has 0 aliphatic rings. The minimum absolute atomic E-state index is 0.217. The lowest BCUT2D eigenvalue weighted by Gasteiger charge is -2.11. The molecule has 0 spiro atoms. The van der Waals surface area contributed by atoms with E-state index in [1.807, 2.05) is 0 Å². The maximum Gasteiger partial charge on any atom is 0.159 e. The van der Waals surface area contributed by atoms with E-state index in [4.69, 9.17) is 0 Å². The molecule has 0 saturated carbocycles. The number of hydrogen-bond donors (Lipinski definition) is 1. The molecule has 0 amide bonds. The summed E-state index contributed by atoms with van der Waals surface area (Å²) >= 11 is 0. The van der Waals surface area contributed by atoms with Crippen molar-refractivity contribution in [2.45, 2.75) is 18.9 Å². The van der Waals surface area contributed by atoms with Crippen molar-refractivity contribution in [2.24, 2.45) is 0 Å². The first-order chi connectivity index (χ1) is 9.04. The summed E-state index contributed by atoms with van der Waals surface area (Å²) in [5.74, 6) is -2.16. The van der Waals surface area contributed by atoms with Crippen molar-refractivity contribution >= 4 is 0 Å². The van der Waals surface area contributed by atoms with Gasteiger partial charge in [0.1, 0.15) is 5.82 Å². The smallest absolute Gasteiger partial charge is 0.159 e. The minimum Gasteiger partial charge on any atom is -0.392 e. The van der Waals surface area contributed by atoms with E-state index in [1.54, 1.807) is 12.1 Å². The molecule has 0 bridgehead atoms. The second-order valence-corrected chi connectivity index (χ2v) is 4.44. The molecule has 0 radical (unpaired) electrons. The van der Waals surface area contributed by atoms with Crippen molar-refractivity contribution in [3.05, 3.63) is 71.0 Å². The van der Waals surface area contributed by atoms with Crippen LogP contribution in [0, 0.1) is 17.5 Å². The third kappa shape index (κ3) is 3.83. The zero-order chi connectivity index (χ0) is 13.8. The van der Waals surface area contributed by atoms with Crippen molar-refractivity contribution in [1.29, 1.82) is 0 Å². The van der Waals surface area contributed by atoms with Gasteiger partial charge in [-0.25, -0.2) is 13.2 Å². The molecule has 2 aromatic carbocycles. The van der Waals surface area contributed by atoms with Gasteiger partial charge in [-0.15, -0.1) is 0 Å². The van der Waals surface area contributed by atoms with Crippen molar-refractivity contribution in [3.63, 3.8) is 0 Å². The van der Waals surface area contributed by atoms with Crippen molar-refractivity contribution in [1.82, 2.24) is 0 Å². The van der Waals surface area contributed by atoms with Gasteiger partial charge in [0.2, 0.25) is 0 Å². The first-order valence-electron chi connectivity index (χ1n) is 5.91. The second kappa shape index (κ2) is 5.89. The van der Waals surface area contributed by atoms with Crippen LogP contribution in [0.2, 0.25) is 0 Å². The molecule has 4 heteroatoms. The van der Waals surface area contributed by atoms with E-state index in [0.717, 1.165) is 17.7 Å². The molecule has 0 fully saturated rings. The summed E-state index contributed by atoms with van der Waals surface area (Å²) in [6, 6.07) is 9.36. The largest absolute Gasteiger partial charge is 0.392 e. The van der Waals surface area contributed by atoms with Crippen LogP contribution in [-0.2, 0) is 12.8 Å². The quantitative estimate of drug-likeness (QED) is 0.900. The van der Waals surface area contributed by atoms with Gasteiger partial charge in [0, 0.05) is 0 Å². The van der Waals surface area contributed by atoms with E-state index in [9.17, 15) is 18.3 Å². The lowest BCUT2D eigenvalue weighted by molar-refractivity contribution is 0.175. The Morgan fingerprint density at radius 2 is 1.37 bits per heavy atom. The molecule has 1 atom stereocenters. The lowest BCUT2D eigenvalue weighted by atomic mass is 10.0. The van der Waals surface area contributed by atoms with Crippen LogP contribution in [0.1, 0.15) is 11.1 Å². The fourth-order valence-corrected chi connectivity index (χ4v) is 1.90. The molecule has 0 saturated heterocycles. The minimum atomic E-state index is -0.925. The first-order valence-corrected chi connectivity index (χ1v) is 5.91. The summed E-state index contributed by atoms with van der Waals surface area (Å²) in [5.41, 5.74) is 1.31. The average Bonchev–Trinajstić information content (AvgIpc) is 2.37. The highest BCUT2D eigenvalue weighted by atomic mass is 19.2. The molecule has 2 rings (SSSR count). The van der Waals surface area contributed by atoms with Gasteiger partial charge < -0.3 is 5.11 Å². The lowest BCUT2D eigenvalue weighted by Crippen LogP contribution is -2.14. The maximum absolute atomic E-state index is 13.0. The topological polar surface area (TPSA) is 20.2 Å². The standard InChI is InChI=1S/C15H13F3O/c16-12-4-1-10(2-5-12)7-13(19)8-11-3-6-14(17)15(18)9-11/h1-6,9,13,19H,7-8H2. The molecule has 100 valence electrons. The molecular formula is C15H13F3O. The van der Waals surface area contributed by atoms with Crippen molar-refractivity contribution in [2.75, 3.05) is 0 Å². The van der Waals surface area contributed by atoms with Gasteiger partial charge in [-0.05, 0) is 48.2 Å². The molecule has 1 N–H and O–H groups in total. The van der Waals surface area contributed by atoms with E-state index >= 15 is 0 Å². The van der Waals surface area contributed by atoms with E-state index < -0.39 is 17.7 Å². The average molecular weight is 266 g/mol. The van der Waals surface area contributed by atoms with E-state index in [2.05, 4.69) is 0 Å². The van der Waals surface area contributed by atoms with Gasteiger partial charge in [-0.1, -0.05) is 18.2 Å². The van der Waals surface area contributed by atoms with Crippen LogP contribution in [0.4, 0.5) is 13.2 Å². The summed E-state index contributed by atoms with van der Waals surface area (Å²) in [5, 5.41) is 9.88. The molecule has 2 aromatic rings. The predicted octanol–water partition coefficient (Wildman–Crippen LogP) is 3.25. The Bertz CT molecular complexity index is 552. The highest BCUT2D eigenvalue weighted by Crippen LogP contribution is 2.13. The van der Waals surface area contributed by atoms with Crippen molar-refractivity contribution in [3.8, 4) is 0 Å². The Balaban J connectivity index is 1.98. The Kier molecular flexibility index (Phi) is 4.22. The summed E-state index contributed by atoms with van der Waals surface area (Å²) in [6.45, 7) is 0. The zero-order valence-electron chi connectivity index (χ0n) is 10.1. The number of rotatable bonds is 4. The van der Waals surface area contributed by atoms with Gasteiger partial charge in [-0.2, -0.15) is 0 Å². The maximum atomic E-state index is 13.0. The van der Waals surface area contributed by atoms with Crippen LogP contribution in [0.5, 0.6) is 0 Å². The number of benzene rings is 2. The monoisotopic (exact) mass is 266 g/mol.